The summed E-state index contributed by atoms with van der Waals surface area (Å²) in [6.45, 7) is 0. The lowest BCUT2D eigenvalue weighted by molar-refractivity contribution is 1.19. The largest absolute Gasteiger partial charge is 0.396 e. The van der Waals surface area contributed by atoms with Gasteiger partial charge in [0.1, 0.15) is 0 Å². The summed E-state index contributed by atoms with van der Waals surface area (Å²) < 4.78 is 1.94. The smallest absolute Gasteiger partial charge is 0.160 e. The second-order valence-corrected chi connectivity index (χ2v) is 3.69. The van der Waals surface area contributed by atoms with Gasteiger partial charge in [-0.15, -0.1) is 0 Å². The molecule has 2 N–H and O–H groups in total. The van der Waals surface area contributed by atoms with Crippen molar-refractivity contribution in [3.63, 3.8) is 0 Å². The molecule has 3 aromatic rings. The summed E-state index contributed by atoms with van der Waals surface area (Å²) >= 11 is 0. The lowest BCUT2D eigenvalue weighted by Gasteiger charge is -1.94. The van der Waals surface area contributed by atoms with Crippen molar-refractivity contribution in [3.05, 3.63) is 54.9 Å². The van der Waals surface area contributed by atoms with Gasteiger partial charge in [-0.2, -0.15) is 0 Å². The Morgan fingerprint density at radius 3 is 2.56 bits per heavy atom. The molecule has 3 rings (SSSR count). The van der Waals surface area contributed by atoms with Gasteiger partial charge in [-0.1, -0.05) is 30.3 Å². The molecule has 2 aromatic heterocycles. The van der Waals surface area contributed by atoms with Crippen molar-refractivity contribution in [1.29, 1.82) is 0 Å². The van der Waals surface area contributed by atoms with Gasteiger partial charge in [0.05, 0.1) is 11.4 Å². The molecule has 0 saturated heterocycles. The highest BCUT2D eigenvalue weighted by atomic mass is 15.0. The van der Waals surface area contributed by atoms with Gasteiger partial charge in [0, 0.05) is 18.0 Å². The number of rotatable bonds is 1. The Hall–Kier alpha value is -2.29. The summed E-state index contributed by atoms with van der Waals surface area (Å²) in [7, 11) is 0. The number of benzene rings is 1. The molecule has 16 heavy (non-hydrogen) atoms. The van der Waals surface area contributed by atoms with Crippen molar-refractivity contribution in [3.8, 4) is 11.3 Å². The van der Waals surface area contributed by atoms with Crippen molar-refractivity contribution in [2.45, 2.75) is 0 Å². The van der Waals surface area contributed by atoms with Gasteiger partial charge in [0.15, 0.2) is 5.65 Å². The van der Waals surface area contributed by atoms with Crippen LogP contribution in [-0.2, 0) is 0 Å². The number of nitrogens with two attached hydrogens (primary N) is 1. The number of aromatic nitrogens is 2. The highest BCUT2D eigenvalue weighted by Gasteiger charge is 2.05. The van der Waals surface area contributed by atoms with Gasteiger partial charge in [-0.05, 0) is 12.1 Å². The van der Waals surface area contributed by atoms with E-state index in [2.05, 4.69) is 4.98 Å². The van der Waals surface area contributed by atoms with Crippen LogP contribution in [0.2, 0.25) is 0 Å². The first-order chi connectivity index (χ1) is 7.84. The van der Waals surface area contributed by atoms with Gasteiger partial charge < -0.3 is 10.1 Å². The fraction of sp³-hybridized carbons (Fsp3) is 0. The third-order valence-corrected chi connectivity index (χ3v) is 2.58. The molecule has 3 nitrogen and oxygen atoms in total. The Kier molecular flexibility index (Phi) is 1.90. The zero-order valence-electron chi connectivity index (χ0n) is 8.67. The van der Waals surface area contributed by atoms with Crippen molar-refractivity contribution in [2.75, 3.05) is 5.73 Å². The van der Waals surface area contributed by atoms with E-state index < -0.39 is 0 Å². The third kappa shape index (κ3) is 1.34. The summed E-state index contributed by atoms with van der Waals surface area (Å²) in [4.78, 5) is 4.52. The molecule has 0 radical (unpaired) electrons. The predicted molar refractivity (Wildman–Crippen MR) is 65.0 cm³/mol. The number of hydrogen-bond acceptors (Lipinski definition) is 2. The molecule has 1 aromatic carbocycles. The van der Waals surface area contributed by atoms with Gasteiger partial charge in [0.2, 0.25) is 0 Å². The Morgan fingerprint density at radius 2 is 1.81 bits per heavy atom. The van der Waals surface area contributed by atoms with Crippen molar-refractivity contribution in [1.82, 2.24) is 9.38 Å². The molecule has 3 heteroatoms. The average molecular weight is 209 g/mol. The topological polar surface area (TPSA) is 43.3 Å². The third-order valence-electron chi connectivity index (χ3n) is 2.58. The molecule has 0 unspecified atom stereocenters. The molecular weight excluding hydrogens is 198 g/mol. The molecule has 0 aliphatic heterocycles. The standard InChI is InChI=1S/C13H11N3/c14-11-7-4-8-16-9-12(15-13(11)16)10-5-2-1-3-6-10/h1-9H,14H2. The summed E-state index contributed by atoms with van der Waals surface area (Å²) in [5, 5.41) is 0. The fourth-order valence-corrected chi connectivity index (χ4v) is 1.78. The first-order valence-corrected chi connectivity index (χ1v) is 5.13. The quantitative estimate of drug-likeness (QED) is 0.669. The second kappa shape index (κ2) is 3.38. The van der Waals surface area contributed by atoms with Crippen molar-refractivity contribution in [2.24, 2.45) is 0 Å². The molecule has 0 fully saturated rings. The highest BCUT2D eigenvalue weighted by molar-refractivity contribution is 5.70. The maximum atomic E-state index is 5.86. The van der Waals surface area contributed by atoms with Crippen LogP contribution >= 0.6 is 0 Å². The van der Waals surface area contributed by atoms with Crippen molar-refractivity contribution >= 4 is 11.3 Å². The number of hydrogen-bond donors (Lipinski definition) is 1. The summed E-state index contributed by atoms with van der Waals surface area (Å²) in [6.07, 6.45) is 3.94. The van der Waals surface area contributed by atoms with Crippen LogP contribution in [0.4, 0.5) is 5.69 Å². The van der Waals surface area contributed by atoms with E-state index in [1.165, 1.54) is 0 Å². The Labute approximate surface area is 93.2 Å². The minimum Gasteiger partial charge on any atom is -0.396 e. The van der Waals surface area contributed by atoms with Gasteiger partial charge in [-0.3, -0.25) is 0 Å². The molecule has 2 heterocycles. The Bertz CT molecular complexity index is 626. The van der Waals surface area contributed by atoms with E-state index in [1.54, 1.807) is 0 Å². The zero-order valence-corrected chi connectivity index (χ0v) is 8.67. The van der Waals surface area contributed by atoms with Crippen LogP contribution in [0.15, 0.2) is 54.9 Å². The number of fused-ring (bicyclic) bond motifs is 1. The molecule has 0 spiro atoms. The van der Waals surface area contributed by atoms with Crippen LogP contribution in [-0.4, -0.2) is 9.38 Å². The van der Waals surface area contributed by atoms with Crippen LogP contribution < -0.4 is 5.73 Å². The summed E-state index contributed by atoms with van der Waals surface area (Å²) in [5.74, 6) is 0. The first kappa shape index (κ1) is 8.97. The van der Waals surface area contributed by atoms with E-state index in [4.69, 9.17) is 5.73 Å². The van der Waals surface area contributed by atoms with E-state index in [1.807, 2.05) is 59.3 Å². The zero-order chi connectivity index (χ0) is 11.0. The maximum absolute atomic E-state index is 5.86. The molecule has 0 saturated carbocycles. The highest BCUT2D eigenvalue weighted by Crippen LogP contribution is 2.20. The number of anilines is 1. The molecule has 0 aliphatic carbocycles. The molecule has 0 amide bonds. The Morgan fingerprint density at radius 1 is 1.00 bits per heavy atom. The SMILES string of the molecule is Nc1cccn2cc(-c3ccccc3)nc12. The van der Waals surface area contributed by atoms with Crippen LogP contribution in [0.5, 0.6) is 0 Å². The van der Waals surface area contributed by atoms with E-state index >= 15 is 0 Å². The first-order valence-electron chi connectivity index (χ1n) is 5.13. The Balaban J connectivity index is 2.23. The number of imidazole rings is 1. The fourth-order valence-electron chi connectivity index (χ4n) is 1.78. The molecule has 0 aliphatic rings. The van der Waals surface area contributed by atoms with Crippen molar-refractivity contribution < 1.29 is 0 Å². The van der Waals surface area contributed by atoms with E-state index in [0.717, 1.165) is 16.9 Å². The van der Waals surface area contributed by atoms with E-state index in [-0.39, 0.29) is 0 Å². The predicted octanol–water partition coefficient (Wildman–Crippen LogP) is 2.58. The minimum atomic E-state index is 0.699. The van der Waals surface area contributed by atoms with Crippen LogP contribution in [0.3, 0.4) is 0 Å². The molecule has 0 atom stereocenters. The lowest BCUT2D eigenvalue weighted by atomic mass is 10.2. The number of nitrogens with zero attached hydrogens (tertiary/aromatic N) is 2. The minimum absolute atomic E-state index is 0.699. The van der Waals surface area contributed by atoms with E-state index in [9.17, 15) is 0 Å². The van der Waals surface area contributed by atoms with Gasteiger partial charge >= 0.3 is 0 Å². The van der Waals surface area contributed by atoms with Gasteiger partial charge in [0.25, 0.3) is 0 Å². The summed E-state index contributed by atoms with van der Waals surface area (Å²) in [6, 6.07) is 13.9. The monoisotopic (exact) mass is 209 g/mol. The lowest BCUT2D eigenvalue weighted by Crippen LogP contribution is -1.90. The van der Waals surface area contributed by atoms with Crippen LogP contribution in [0, 0.1) is 0 Å². The van der Waals surface area contributed by atoms with E-state index in [0.29, 0.717) is 5.69 Å². The average Bonchev–Trinajstić information content (AvgIpc) is 2.76. The number of nitrogen functional groups attached to an aromatic ring is 1. The second-order valence-electron chi connectivity index (χ2n) is 3.69. The summed E-state index contributed by atoms with van der Waals surface area (Å²) in [5.41, 5.74) is 9.42. The van der Waals surface area contributed by atoms with Crippen LogP contribution in [0.25, 0.3) is 16.9 Å². The normalized spacial score (nSPS) is 10.8. The van der Waals surface area contributed by atoms with Crippen LogP contribution in [0.1, 0.15) is 0 Å². The molecule has 78 valence electrons. The number of pyridine rings is 1. The maximum Gasteiger partial charge on any atom is 0.160 e. The molecule has 0 bridgehead atoms. The van der Waals surface area contributed by atoms with Gasteiger partial charge in [-0.25, -0.2) is 4.98 Å². The molecular formula is C13H11N3.